The summed E-state index contributed by atoms with van der Waals surface area (Å²) in [7, 11) is 0. The Hall–Kier alpha value is -1.53. The molecule has 0 aromatic rings. The van der Waals surface area contributed by atoms with E-state index in [0.29, 0.717) is 0 Å². The Morgan fingerprint density at radius 1 is 1.40 bits per heavy atom. The number of piperazine rings is 1. The molecule has 0 atom stereocenters. The molecule has 0 aromatic carbocycles. The summed E-state index contributed by atoms with van der Waals surface area (Å²) in [6.07, 6.45) is 9.36. The number of nitriles is 1. The van der Waals surface area contributed by atoms with Gasteiger partial charge < -0.3 is 10.2 Å². The second kappa shape index (κ2) is 6.86. The molecule has 1 heterocycles. The fraction of sp³-hybridized carbons (Fsp3) is 0.417. The van der Waals surface area contributed by atoms with Gasteiger partial charge >= 0.3 is 0 Å². The van der Waals surface area contributed by atoms with Crippen molar-refractivity contribution in [2.45, 2.75) is 6.92 Å². The maximum absolute atomic E-state index is 8.41. The van der Waals surface area contributed by atoms with Crippen LogP contribution >= 0.6 is 0 Å². The summed E-state index contributed by atoms with van der Waals surface area (Å²) in [6.45, 7) is 6.10. The zero-order chi connectivity index (χ0) is 10.9. The van der Waals surface area contributed by atoms with Crippen LogP contribution in [0.3, 0.4) is 0 Å². The Labute approximate surface area is 91.4 Å². The summed E-state index contributed by atoms with van der Waals surface area (Å²) >= 11 is 0. The van der Waals surface area contributed by atoms with Gasteiger partial charge in [-0.2, -0.15) is 5.26 Å². The molecular weight excluding hydrogens is 186 g/mol. The number of hydrogen-bond acceptors (Lipinski definition) is 3. The Morgan fingerprint density at radius 2 is 2.13 bits per heavy atom. The van der Waals surface area contributed by atoms with Gasteiger partial charge in [-0.1, -0.05) is 6.08 Å². The Bertz CT molecular complexity index is 301. The monoisotopic (exact) mass is 203 g/mol. The fourth-order valence-corrected chi connectivity index (χ4v) is 1.55. The van der Waals surface area contributed by atoms with Gasteiger partial charge in [0, 0.05) is 38.0 Å². The highest BCUT2D eigenvalue weighted by atomic mass is 15.2. The molecule has 1 N–H and O–H groups in total. The highest BCUT2D eigenvalue weighted by Gasteiger charge is 2.09. The SMILES string of the molecule is C\C=C/C(=C\C=C\C#N)N1CCNCC1. The molecule has 1 aliphatic heterocycles. The van der Waals surface area contributed by atoms with Gasteiger partial charge in [-0.05, 0) is 25.2 Å². The van der Waals surface area contributed by atoms with Crippen molar-refractivity contribution >= 4 is 0 Å². The standard InChI is InChI=1S/C12H17N3/c1-2-5-12(6-3-4-7-13)15-10-8-14-9-11-15/h2-6,14H,8-11H2,1H3/b4-3+,5-2-,12-6+. The smallest absolute Gasteiger partial charge is 0.0912 e. The van der Waals surface area contributed by atoms with Gasteiger partial charge in [0.15, 0.2) is 0 Å². The van der Waals surface area contributed by atoms with Crippen LogP contribution in [0.5, 0.6) is 0 Å². The molecule has 0 bridgehead atoms. The van der Waals surface area contributed by atoms with Crippen LogP contribution in [0.25, 0.3) is 0 Å². The first kappa shape index (κ1) is 11.5. The summed E-state index contributed by atoms with van der Waals surface area (Å²) in [5, 5.41) is 11.7. The molecule has 1 rings (SSSR count). The maximum atomic E-state index is 8.41. The summed E-state index contributed by atoms with van der Waals surface area (Å²) < 4.78 is 0. The largest absolute Gasteiger partial charge is 0.369 e. The summed E-state index contributed by atoms with van der Waals surface area (Å²) in [4.78, 5) is 2.32. The summed E-state index contributed by atoms with van der Waals surface area (Å²) in [6, 6.07) is 1.99. The third-order valence-corrected chi connectivity index (χ3v) is 2.26. The van der Waals surface area contributed by atoms with Crippen molar-refractivity contribution in [2.75, 3.05) is 26.2 Å². The fourth-order valence-electron chi connectivity index (χ4n) is 1.55. The minimum Gasteiger partial charge on any atom is -0.369 e. The Balaban J connectivity index is 2.67. The number of nitrogens with zero attached hydrogens (tertiary/aromatic N) is 2. The Morgan fingerprint density at radius 3 is 2.73 bits per heavy atom. The first-order valence-electron chi connectivity index (χ1n) is 5.23. The van der Waals surface area contributed by atoms with E-state index < -0.39 is 0 Å². The zero-order valence-corrected chi connectivity index (χ0v) is 9.11. The molecule has 3 nitrogen and oxygen atoms in total. The van der Waals surface area contributed by atoms with E-state index in [1.807, 2.05) is 25.1 Å². The predicted molar refractivity (Wildman–Crippen MR) is 62.1 cm³/mol. The van der Waals surface area contributed by atoms with Crippen LogP contribution < -0.4 is 5.32 Å². The van der Waals surface area contributed by atoms with Crippen molar-refractivity contribution in [3.05, 3.63) is 36.1 Å². The van der Waals surface area contributed by atoms with Gasteiger partial charge in [0.2, 0.25) is 0 Å². The van der Waals surface area contributed by atoms with Crippen molar-refractivity contribution in [1.82, 2.24) is 10.2 Å². The lowest BCUT2D eigenvalue weighted by molar-refractivity contribution is 0.307. The lowest BCUT2D eigenvalue weighted by Gasteiger charge is -2.30. The van der Waals surface area contributed by atoms with Crippen LogP contribution in [-0.4, -0.2) is 31.1 Å². The van der Waals surface area contributed by atoms with E-state index in [4.69, 9.17) is 5.26 Å². The van der Waals surface area contributed by atoms with Crippen LogP contribution in [0.15, 0.2) is 36.1 Å². The van der Waals surface area contributed by atoms with Gasteiger partial charge in [-0.15, -0.1) is 0 Å². The van der Waals surface area contributed by atoms with Gasteiger partial charge in [0.05, 0.1) is 6.07 Å². The minimum absolute atomic E-state index is 1.02. The van der Waals surface area contributed by atoms with Crippen LogP contribution in [0.4, 0.5) is 0 Å². The zero-order valence-electron chi connectivity index (χ0n) is 9.11. The first-order valence-corrected chi connectivity index (χ1v) is 5.23. The van der Waals surface area contributed by atoms with Crippen molar-refractivity contribution in [3.63, 3.8) is 0 Å². The average molecular weight is 203 g/mol. The van der Waals surface area contributed by atoms with Crippen molar-refractivity contribution < 1.29 is 0 Å². The van der Waals surface area contributed by atoms with E-state index in [1.54, 1.807) is 6.08 Å². The first-order chi connectivity index (χ1) is 7.38. The van der Waals surface area contributed by atoms with Crippen LogP contribution in [0, 0.1) is 11.3 Å². The van der Waals surface area contributed by atoms with Gasteiger partial charge in [0.25, 0.3) is 0 Å². The molecule has 3 heteroatoms. The highest BCUT2D eigenvalue weighted by molar-refractivity contribution is 5.25. The predicted octanol–water partition coefficient (Wildman–Crippen LogP) is 1.43. The average Bonchev–Trinajstić information content (AvgIpc) is 2.29. The molecule has 15 heavy (non-hydrogen) atoms. The number of hydrogen-bond donors (Lipinski definition) is 1. The van der Waals surface area contributed by atoms with Crippen LogP contribution in [0.2, 0.25) is 0 Å². The molecule has 1 saturated heterocycles. The van der Waals surface area contributed by atoms with Crippen molar-refractivity contribution in [2.24, 2.45) is 0 Å². The van der Waals surface area contributed by atoms with Crippen molar-refractivity contribution in [1.29, 1.82) is 5.26 Å². The molecule has 0 aliphatic carbocycles. The quantitative estimate of drug-likeness (QED) is 0.557. The van der Waals surface area contributed by atoms with Crippen LogP contribution in [-0.2, 0) is 0 Å². The third-order valence-electron chi connectivity index (χ3n) is 2.26. The lowest BCUT2D eigenvalue weighted by atomic mass is 10.2. The molecular formula is C12H17N3. The molecule has 0 saturated carbocycles. The molecule has 0 unspecified atom stereocenters. The number of nitrogens with one attached hydrogen (secondary N) is 1. The van der Waals surface area contributed by atoms with E-state index in [1.165, 1.54) is 11.8 Å². The molecule has 0 aromatic heterocycles. The van der Waals surface area contributed by atoms with E-state index >= 15 is 0 Å². The van der Waals surface area contributed by atoms with Crippen LogP contribution in [0.1, 0.15) is 6.92 Å². The molecule has 0 amide bonds. The van der Waals surface area contributed by atoms with Crippen molar-refractivity contribution in [3.8, 4) is 6.07 Å². The second-order valence-electron chi connectivity index (χ2n) is 3.32. The van der Waals surface area contributed by atoms with E-state index in [9.17, 15) is 0 Å². The Kier molecular flexibility index (Phi) is 5.28. The molecule has 80 valence electrons. The van der Waals surface area contributed by atoms with Gasteiger partial charge in [-0.25, -0.2) is 0 Å². The topological polar surface area (TPSA) is 39.1 Å². The third kappa shape index (κ3) is 4.01. The molecule has 0 spiro atoms. The minimum atomic E-state index is 1.02. The summed E-state index contributed by atoms with van der Waals surface area (Å²) in [5.74, 6) is 0. The lowest BCUT2D eigenvalue weighted by Crippen LogP contribution is -2.42. The molecule has 1 aliphatic rings. The second-order valence-corrected chi connectivity index (χ2v) is 3.32. The molecule has 0 radical (unpaired) electrons. The normalized spacial score (nSPS) is 18.7. The highest BCUT2D eigenvalue weighted by Crippen LogP contribution is 2.07. The van der Waals surface area contributed by atoms with E-state index in [0.717, 1.165) is 26.2 Å². The molecule has 1 fully saturated rings. The summed E-state index contributed by atoms with van der Waals surface area (Å²) in [5.41, 5.74) is 1.17. The number of allylic oxidation sites excluding steroid dienone is 5. The van der Waals surface area contributed by atoms with Gasteiger partial charge in [-0.3, -0.25) is 0 Å². The van der Waals surface area contributed by atoms with Gasteiger partial charge in [0.1, 0.15) is 0 Å². The maximum Gasteiger partial charge on any atom is 0.0912 e. The number of rotatable bonds is 3. The van der Waals surface area contributed by atoms with E-state index in [-0.39, 0.29) is 0 Å². The van der Waals surface area contributed by atoms with E-state index in [2.05, 4.69) is 16.3 Å².